The lowest BCUT2D eigenvalue weighted by molar-refractivity contribution is 0.205. The van der Waals surface area contributed by atoms with Gasteiger partial charge in [-0.05, 0) is 12.3 Å². The van der Waals surface area contributed by atoms with Crippen LogP contribution >= 0.6 is 35.7 Å². The maximum absolute atomic E-state index is 5.91. The van der Waals surface area contributed by atoms with Crippen molar-refractivity contribution in [1.29, 1.82) is 0 Å². The number of pyridine rings is 1. The van der Waals surface area contributed by atoms with Gasteiger partial charge in [0, 0.05) is 44.1 Å². The highest BCUT2D eigenvalue weighted by molar-refractivity contribution is 14.0. The molecule has 1 aliphatic heterocycles. The van der Waals surface area contributed by atoms with Crippen molar-refractivity contribution >= 4 is 41.7 Å². The molecule has 22 heavy (non-hydrogen) atoms. The van der Waals surface area contributed by atoms with Crippen LogP contribution in [-0.2, 0) is 0 Å². The van der Waals surface area contributed by atoms with E-state index in [1.165, 1.54) is 0 Å². The van der Waals surface area contributed by atoms with Crippen molar-refractivity contribution < 1.29 is 4.74 Å². The molecule has 124 valence electrons. The average molecular weight is 436 g/mol. The van der Waals surface area contributed by atoms with Gasteiger partial charge in [0.15, 0.2) is 5.96 Å². The molecule has 1 saturated heterocycles. The number of aromatic nitrogens is 1. The van der Waals surface area contributed by atoms with Crippen LogP contribution in [0.4, 0.5) is 0 Å². The molecule has 0 bridgehead atoms. The van der Waals surface area contributed by atoms with Gasteiger partial charge in [0.05, 0.1) is 6.54 Å². The van der Waals surface area contributed by atoms with E-state index in [0.717, 1.165) is 32.0 Å². The Balaban J connectivity index is 0.00000242. The number of rotatable bonds is 5. The van der Waals surface area contributed by atoms with Crippen LogP contribution in [0.3, 0.4) is 0 Å². The van der Waals surface area contributed by atoms with Gasteiger partial charge < -0.3 is 15.0 Å². The maximum Gasteiger partial charge on any atom is 0.213 e. The van der Waals surface area contributed by atoms with Crippen molar-refractivity contribution in [2.75, 3.05) is 32.9 Å². The number of ether oxygens (including phenoxy) is 1. The Hall–Kier alpha value is -0.700. The summed E-state index contributed by atoms with van der Waals surface area (Å²) in [5, 5.41) is 4.00. The van der Waals surface area contributed by atoms with Crippen LogP contribution in [0.5, 0.6) is 5.88 Å². The van der Waals surface area contributed by atoms with Crippen LogP contribution in [-0.4, -0.2) is 60.1 Å². The fourth-order valence-corrected chi connectivity index (χ4v) is 2.50. The van der Waals surface area contributed by atoms with Crippen LogP contribution in [0.15, 0.2) is 29.4 Å². The van der Waals surface area contributed by atoms with E-state index in [2.05, 4.69) is 33.4 Å². The van der Waals surface area contributed by atoms with Crippen molar-refractivity contribution in [3.63, 3.8) is 0 Å². The molecule has 2 unspecified atom stereocenters. The molecule has 0 spiro atoms. The Bertz CT molecular complexity index is 460. The van der Waals surface area contributed by atoms with Gasteiger partial charge in [-0.2, -0.15) is 11.8 Å². The third kappa shape index (κ3) is 5.83. The zero-order valence-electron chi connectivity index (χ0n) is 13.4. The second-order valence-electron chi connectivity index (χ2n) is 5.12. The van der Waals surface area contributed by atoms with Crippen molar-refractivity contribution in [3.05, 3.63) is 24.4 Å². The predicted octanol–water partition coefficient (Wildman–Crippen LogP) is 2.48. The van der Waals surface area contributed by atoms with Crippen LogP contribution < -0.4 is 10.1 Å². The molecule has 0 aromatic carbocycles. The number of aliphatic imine (C=N–C) groups is 1. The number of halogens is 1. The lowest BCUT2D eigenvalue weighted by atomic mass is 10.3. The Kier molecular flexibility index (Phi) is 8.92. The SMILES string of the molecule is CN=C(NCC(C)SC)N1CCC(Oc2ccccn2)C1.I. The lowest BCUT2D eigenvalue weighted by Crippen LogP contribution is -2.42. The maximum atomic E-state index is 5.91. The molecule has 1 fully saturated rings. The van der Waals surface area contributed by atoms with Crippen LogP contribution in [0.2, 0.25) is 0 Å². The van der Waals surface area contributed by atoms with Gasteiger partial charge in [0.2, 0.25) is 5.88 Å². The third-order valence-electron chi connectivity index (χ3n) is 3.53. The molecule has 0 amide bonds. The number of thioether (sulfide) groups is 1. The molecular formula is C15H25IN4OS. The van der Waals surface area contributed by atoms with E-state index < -0.39 is 0 Å². The van der Waals surface area contributed by atoms with Crippen molar-refractivity contribution in [1.82, 2.24) is 15.2 Å². The fraction of sp³-hybridized carbons (Fsp3) is 0.600. The minimum absolute atomic E-state index is 0. The van der Waals surface area contributed by atoms with Crippen LogP contribution in [0.25, 0.3) is 0 Å². The molecule has 1 aromatic heterocycles. The first-order chi connectivity index (χ1) is 10.2. The van der Waals surface area contributed by atoms with Crippen molar-refractivity contribution in [2.45, 2.75) is 24.7 Å². The van der Waals surface area contributed by atoms with E-state index in [0.29, 0.717) is 11.1 Å². The summed E-state index contributed by atoms with van der Waals surface area (Å²) in [7, 11) is 1.83. The number of guanidine groups is 1. The third-order valence-corrected chi connectivity index (χ3v) is 4.50. The van der Waals surface area contributed by atoms with Gasteiger partial charge in [-0.15, -0.1) is 24.0 Å². The highest BCUT2D eigenvalue weighted by Gasteiger charge is 2.26. The molecule has 0 aliphatic carbocycles. The minimum atomic E-state index is 0. The van der Waals surface area contributed by atoms with Gasteiger partial charge in [-0.1, -0.05) is 13.0 Å². The predicted molar refractivity (Wildman–Crippen MR) is 105 cm³/mol. The molecule has 2 heterocycles. The zero-order valence-corrected chi connectivity index (χ0v) is 16.5. The monoisotopic (exact) mass is 436 g/mol. The first kappa shape index (κ1) is 19.3. The molecule has 7 heteroatoms. The molecular weight excluding hydrogens is 411 g/mol. The summed E-state index contributed by atoms with van der Waals surface area (Å²) in [6.45, 7) is 4.95. The highest BCUT2D eigenvalue weighted by Crippen LogP contribution is 2.16. The summed E-state index contributed by atoms with van der Waals surface area (Å²) in [5.41, 5.74) is 0. The number of hydrogen-bond donors (Lipinski definition) is 1. The molecule has 1 aromatic rings. The van der Waals surface area contributed by atoms with Gasteiger partial charge in [-0.25, -0.2) is 4.98 Å². The number of hydrogen-bond acceptors (Lipinski definition) is 4. The van der Waals surface area contributed by atoms with E-state index in [1.54, 1.807) is 6.20 Å². The van der Waals surface area contributed by atoms with E-state index in [1.807, 2.05) is 37.0 Å². The Morgan fingerprint density at radius 2 is 2.41 bits per heavy atom. The Morgan fingerprint density at radius 1 is 1.59 bits per heavy atom. The summed E-state index contributed by atoms with van der Waals surface area (Å²) in [6, 6.07) is 5.74. The largest absolute Gasteiger partial charge is 0.472 e. The van der Waals surface area contributed by atoms with Crippen LogP contribution in [0, 0.1) is 0 Å². The summed E-state index contributed by atoms with van der Waals surface area (Å²) in [4.78, 5) is 10.8. The number of nitrogens with one attached hydrogen (secondary N) is 1. The Morgan fingerprint density at radius 3 is 3.05 bits per heavy atom. The standard InChI is InChI=1S/C15H24N4OS.HI/c1-12(21-3)10-18-15(16-2)19-9-7-13(11-19)20-14-6-4-5-8-17-14;/h4-6,8,12-13H,7,9-11H2,1-3H3,(H,16,18);1H. The van der Waals surface area contributed by atoms with Gasteiger partial charge >= 0.3 is 0 Å². The summed E-state index contributed by atoms with van der Waals surface area (Å²) >= 11 is 1.85. The molecule has 2 atom stereocenters. The Labute approximate surface area is 154 Å². The van der Waals surface area contributed by atoms with Gasteiger partial charge in [-0.3, -0.25) is 4.99 Å². The van der Waals surface area contributed by atoms with Crippen molar-refractivity contribution in [2.24, 2.45) is 4.99 Å². The topological polar surface area (TPSA) is 49.8 Å². The van der Waals surface area contributed by atoms with Crippen LogP contribution in [0.1, 0.15) is 13.3 Å². The normalized spacial score (nSPS) is 19.5. The van der Waals surface area contributed by atoms with Gasteiger partial charge in [0.25, 0.3) is 0 Å². The van der Waals surface area contributed by atoms with Crippen molar-refractivity contribution in [3.8, 4) is 5.88 Å². The molecule has 1 N–H and O–H groups in total. The highest BCUT2D eigenvalue weighted by atomic mass is 127. The molecule has 0 radical (unpaired) electrons. The smallest absolute Gasteiger partial charge is 0.213 e. The number of likely N-dealkylation sites (tertiary alicyclic amines) is 1. The summed E-state index contributed by atoms with van der Waals surface area (Å²) < 4.78 is 5.91. The quantitative estimate of drug-likeness (QED) is 0.437. The second kappa shape index (κ2) is 10.1. The molecule has 1 aliphatic rings. The van der Waals surface area contributed by atoms with E-state index in [-0.39, 0.29) is 30.1 Å². The molecule has 5 nitrogen and oxygen atoms in total. The van der Waals surface area contributed by atoms with E-state index in [9.17, 15) is 0 Å². The first-order valence-corrected chi connectivity index (χ1v) is 8.57. The lowest BCUT2D eigenvalue weighted by Gasteiger charge is -2.22. The second-order valence-corrected chi connectivity index (χ2v) is 6.39. The van der Waals surface area contributed by atoms with E-state index in [4.69, 9.17) is 4.74 Å². The number of nitrogens with zero attached hydrogens (tertiary/aromatic N) is 3. The summed E-state index contributed by atoms with van der Waals surface area (Å²) in [6.07, 6.45) is 5.06. The minimum Gasteiger partial charge on any atom is -0.472 e. The van der Waals surface area contributed by atoms with Gasteiger partial charge in [0.1, 0.15) is 6.10 Å². The molecule has 2 rings (SSSR count). The summed E-state index contributed by atoms with van der Waals surface area (Å²) in [5.74, 6) is 1.66. The first-order valence-electron chi connectivity index (χ1n) is 7.29. The zero-order chi connectivity index (χ0) is 15.1. The van der Waals surface area contributed by atoms with E-state index >= 15 is 0 Å². The molecule has 0 saturated carbocycles. The fourth-order valence-electron chi connectivity index (χ4n) is 2.25. The average Bonchev–Trinajstić information content (AvgIpc) is 2.97.